The minimum Gasteiger partial charge on any atom is -0.482 e. The molecule has 0 spiro atoms. The third-order valence-electron chi connectivity index (χ3n) is 3.03. The van der Waals surface area contributed by atoms with Crippen LogP contribution in [0.2, 0.25) is 10.0 Å². The van der Waals surface area contributed by atoms with Crippen molar-refractivity contribution in [3.8, 4) is 5.75 Å². The van der Waals surface area contributed by atoms with Crippen molar-refractivity contribution in [3.05, 3.63) is 57.5 Å². The second-order valence-electron chi connectivity index (χ2n) is 4.72. The molecule has 1 aromatic heterocycles. The van der Waals surface area contributed by atoms with E-state index in [2.05, 4.69) is 10.3 Å². The molecule has 2 aromatic carbocycles. The molecule has 118 valence electrons. The molecule has 0 saturated heterocycles. The first-order chi connectivity index (χ1) is 11.1. The van der Waals surface area contributed by atoms with Crippen molar-refractivity contribution in [2.45, 2.75) is 6.54 Å². The number of rotatable bonds is 5. The zero-order valence-electron chi connectivity index (χ0n) is 11.9. The van der Waals surface area contributed by atoms with Gasteiger partial charge in [0.1, 0.15) is 10.8 Å². The number of nitrogens with one attached hydrogen (secondary N) is 1. The fourth-order valence-corrected chi connectivity index (χ4v) is 3.33. The van der Waals surface area contributed by atoms with Gasteiger partial charge in [-0.25, -0.2) is 4.98 Å². The number of hydrogen-bond acceptors (Lipinski definition) is 4. The molecule has 3 rings (SSSR count). The van der Waals surface area contributed by atoms with Crippen LogP contribution in [0.4, 0.5) is 0 Å². The van der Waals surface area contributed by atoms with E-state index in [9.17, 15) is 4.79 Å². The summed E-state index contributed by atoms with van der Waals surface area (Å²) in [6.45, 7) is 0.252. The number of benzene rings is 2. The lowest BCUT2D eigenvalue weighted by Crippen LogP contribution is -2.28. The number of ether oxygens (including phenoxy) is 1. The second-order valence-corrected chi connectivity index (χ2v) is 6.67. The van der Waals surface area contributed by atoms with Gasteiger partial charge in [-0.05, 0) is 30.3 Å². The van der Waals surface area contributed by atoms with E-state index in [-0.39, 0.29) is 12.5 Å². The van der Waals surface area contributed by atoms with Gasteiger partial charge in [0, 0.05) is 5.02 Å². The molecule has 0 aliphatic carbocycles. The average molecular weight is 367 g/mol. The van der Waals surface area contributed by atoms with E-state index in [1.807, 2.05) is 24.3 Å². The van der Waals surface area contributed by atoms with Gasteiger partial charge in [0.15, 0.2) is 6.61 Å². The first-order valence-electron chi connectivity index (χ1n) is 6.81. The third kappa shape index (κ3) is 4.13. The monoisotopic (exact) mass is 366 g/mol. The zero-order valence-corrected chi connectivity index (χ0v) is 14.2. The van der Waals surface area contributed by atoms with Gasteiger partial charge in [0.2, 0.25) is 0 Å². The summed E-state index contributed by atoms with van der Waals surface area (Å²) in [5, 5.41) is 4.51. The number of carbonyl (C=O) groups excluding carboxylic acids is 1. The Balaban J connectivity index is 1.53. The van der Waals surface area contributed by atoms with Crippen molar-refractivity contribution in [2.75, 3.05) is 6.61 Å². The Morgan fingerprint density at radius 2 is 2.04 bits per heavy atom. The van der Waals surface area contributed by atoms with Crippen LogP contribution in [-0.2, 0) is 11.3 Å². The van der Waals surface area contributed by atoms with E-state index >= 15 is 0 Å². The minimum absolute atomic E-state index is 0.119. The van der Waals surface area contributed by atoms with Gasteiger partial charge >= 0.3 is 0 Å². The van der Waals surface area contributed by atoms with Crippen LogP contribution in [0.25, 0.3) is 10.2 Å². The molecule has 1 N–H and O–H groups in total. The Labute approximate surface area is 147 Å². The van der Waals surface area contributed by atoms with Crippen LogP contribution in [0.3, 0.4) is 0 Å². The van der Waals surface area contributed by atoms with Crippen LogP contribution in [0.5, 0.6) is 5.75 Å². The number of thiazole rings is 1. The molecule has 4 nitrogen and oxygen atoms in total. The molecule has 0 fully saturated rings. The van der Waals surface area contributed by atoms with Crippen LogP contribution >= 0.6 is 34.5 Å². The normalized spacial score (nSPS) is 10.7. The molecule has 0 radical (unpaired) electrons. The fraction of sp³-hybridized carbons (Fsp3) is 0.125. The molecule has 7 heteroatoms. The highest BCUT2D eigenvalue weighted by atomic mass is 35.5. The standard InChI is InChI=1S/C16H12Cl2N2O2S/c17-10-5-6-13(11(18)7-10)22-9-15(21)19-8-16-20-12-3-1-2-4-14(12)23-16/h1-7H,8-9H2,(H,19,21). The molecular formula is C16H12Cl2N2O2S. The van der Waals surface area contributed by atoms with Gasteiger partial charge in [-0.15, -0.1) is 11.3 Å². The van der Waals surface area contributed by atoms with E-state index in [1.165, 1.54) is 0 Å². The van der Waals surface area contributed by atoms with Crippen LogP contribution < -0.4 is 10.1 Å². The Kier molecular flexibility index (Phi) is 5.00. The average Bonchev–Trinajstić information content (AvgIpc) is 2.95. The van der Waals surface area contributed by atoms with Gasteiger partial charge in [-0.3, -0.25) is 4.79 Å². The van der Waals surface area contributed by atoms with Gasteiger partial charge < -0.3 is 10.1 Å². The van der Waals surface area contributed by atoms with Crippen LogP contribution in [0, 0.1) is 0 Å². The molecule has 1 heterocycles. The number of carbonyl (C=O) groups is 1. The molecular weight excluding hydrogens is 355 g/mol. The number of aromatic nitrogens is 1. The van der Waals surface area contributed by atoms with Crippen LogP contribution in [0.1, 0.15) is 5.01 Å². The first-order valence-corrected chi connectivity index (χ1v) is 8.38. The summed E-state index contributed by atoms with van der Waals surface area (Å²) >= 11 is 13.3. The Hall–Kier alpha value is -1.82. The van der Waals surface area contributed by atoms with E-state index in [0.717, 1.165) is 15.2 Å². The van der Waals surface area contributed by atoms with Crippen molar-refractivity contribution in [1.82, 2.24) is 10.3 Å². The maximum atomic E-state index is 11.9. The molecule has 0 atom stereocenters. The lowest BCUT2D eigenvalue weighted by atomic mass is 10.3. The molecule has 23 heavy (non-hydrogen) atoms. The summed E-state index contributed by atoms with van der Waals surface area (Å²) in [4.78, 5) is 16.3. The van der Waals surface area contributed by atoms with Gasteiger partial charge in [0.05, 0.1) is 21.8 Å². The number of fused-ring (bicyclic) bond motifs is 1. The fourth-order valence-electron chi connectivity index (χ4n) is 1.96. The highest BCUT2D eigenvalue weighted by molar-refractivity contribution is 7.18. The Morgan fingerprint density at radius 1 is 1.22 bits per heavy atom. The smallest absolute Gasteiger partial charge is 0.258 e. The predicted molar refractivity (Wildman–Crippen MR) is 93.4 cm³/mol. The predicted octanol–water partition coefficient (Wildman–Crippen LogP) is 4.30. The maximum absolute atomic E-state index is 11.9. The summed E-state index contributed by atoms with van der Waals surface area (Å²) in [6, 6.07) is 12.7. The lowest BCUT2D eigenvalue weighted by molar-refractivity contribution is -0.123. The number of hydrogen-bond donors (Lipinski definition) is 1. The number of halogens is 2. The molecule has 3 aromatic rings. The SMILES string of the molecule is O=C(COc1ccc(Cl)cc1Cl)NCc1nc2ccccc2s1. The van der Waals surface area contributed by atoms with E-state index in [0.29, 0.717) is 22.3 Å². The number of nitrogens with zero attached hydrogens (tertiary/aromatic N) is 1. The number of para-hydroxylation sites is 1. The lowest BCUT2D eigenvalue weighted by Gasteiger charge is -2.08. The van der Waals surface area contributed by atoms with E-state index in [4.69, 9.17) is 27.9 Å². The van der Waals surface area contributed by atoms with Crippen molar-refractivity contribution < 1.29 is 9.53 Å². The Bertz CT molecular complexity index is 818. The van der Waals surface area contributed by atoms with Crippen molar-refractivity contribution in [1.29, 1.82) is 0 Å². The quantitative estimate of drug-likeness (QED) is 0.732. The molecule has 1 amide bonds. The van der Waals surface area contributed by atoms with Gasteiger partial charge in [-0.1, -0.05) is 35.3 Å². The molecule has 0 saturated carbocycles. The summed E-state index contributed by atoms with van der Waals surface area (Å²) in [5.41, 5.74) is 0.936. The highest BCUT2D eigenvalue weighted by Gasteiger charge is 2.08. The third-order valence-corrected chi connectivity index (χ3v) is 4.59. The van der Waals surface area contributed by atoms with E-state index < -0.39 is 0 Å². The zero-order chi connectivity index (χ0) is 16.2. The molecule has 0 bridgehead atoms. The molecule has 0 aliphatic rings. The largest absolute Gasteiger partial charge is 0.482 e. The van der Waals surface area contributed by atoms with Crippen LogP contribution in [-0.4, -0.2) is 17.5 Å². The van der Waals surface area contributed by atoms with Gasteiger partial charge in [-0.2, -0.15) is 0 Å². The van der Waals surface area contributed by atoms with Crippen molar-refractivity contribution in [3.63, 3.8) is 0 Å². The Morgan fingerprint density at radius 3 is 2.83 bits per heavy atom. The minimum atomic E-state index is -0.240. The van der Waals surface area contributed by atoms with Crippen LogP contribution in [0.15, 0.2) is 42.5 Å². The summed E-state index contributed by atoms with van der Waals surface area (Å²) in [6.07, 6.45) is 0. The van der Waals surface area contributed by atoms with E-state index in [1.54, 1.807) is 29.5 Å². The highest BCUT2D eigenvalue weighted by Crippen LogP contribution is 2.27. The second kappa shape index (κ2) is 7.17. The molecule has 0 aliphatic heterocycles. The topological polar surface area (TPSA) is 51.2 Å². The maximum Gasteiger partial charge on any atom is 0.258 e. The van der Waals surface area contributed by atoms with Gasteiger partial charge in [0.25, 0.3) is 5.91 Å². The molecule has 0 unspecified atom stereocenters. The number of amides is 1. The van der Waals surface area contributed by atoms with Crippen molar-refractivity contribution >= 4 is 50.7 Å². The first kappa shape index (κ1) is 16.1. The summed E-state index contributed by atoms with van der Waals surface area (Å²) in [7, 11) is 0. The summed E-state index contributed by atoms with van der Waals surface area (Å²) < 4.78 is 6.48. The van der Waals surface area contributed by atoms with Crippen molar-refractivity contribution in [2.24, 2.45) is 0 Å². The summed E-state index contributed by atoms with van der Waals surface area (Å²) in [5.74, 6) is 0.182.